The van der Waals surface area contributed by atoms with Gasteiger partial charge in [0.25, 0.3) is 5.91 Å². The van der Waals surface area contributed by atoms with Gasteiger partial charge in [-0.1, -0.05) is 44.0 Å². The molecular formula is C26H28N2O5S. The van der Waals surface area contributed by atoms with E-state index in [1.54, 1.807) is 18.2 Å². The highest BCUT2D eigenvalue weighted by atomic mass is 32.2. The number of para-hydroxylation sites is 1. The maximum absolute atomic E-state index is 13.6. The van der Waals surface area contributed by atoms with Crippen molar-refractivity contribution in [1.82, 2.24) is 4.90 Å². The topological polar surface area (TPSA) is 88.4 Å². The van der Waals surface area contributed by atoms with Gasteiger partial charge in [-0.05, 0) is 66.4 Å². The van der Waals surface area contributed by atoms with Crippen molar-refractivity contribution in [2.45, 2.75) is 38.6 Å². The van der Waals surface area contributed by atoms with Crippen LogP contribution in [-0.2, 0) is 9.59 Å². The molecule has 2 fully saturated rings. The molecule has 1 aliphatic heterocycles. The number of rotatable bonds is 7. The molecular weight excluding hydrogens is 452 g/mol. The number of benzene rings is 2. The van der Waals surface area contributed by atoms with Gasteiger partial charge in [-0.25, -0.2) is 9.79 Å². The summed E-state index contributed by atoms with van der Waals surface area (Å²) in [5.41, 5.74) is 1.57. The third-order valence-electron chi connectivity index (χ3n) is 6.05. The summed E-state index contributed by atoms with van der Waals surface area (Å²) in [6.07, 6.45) is 6.20. The second-order valence-corrected chi connectivity index (χ2v) is 9.45. The molecule has 1 heterocycles. The third-order valence-corrected chi connectivity index (χ3v) is 7.04. The van der Waals surface area contributed by atoms with Crippen LogP contribution in [0.1, 0.15) is 38.2 Å². The molecule has 0 bridgehead atoms. The summed E-state index contributed by atoms with van der Waals surface area (Å²) in [7, 11) is 1.49. The summed E-state index contributed by atoms with van der Waals surface area (Å²) < 4.78 is 10.6. The minimum absolute atomic E-state index is 0.0383. The van der Waals surface area contributed by atoms with Crippen LogP contribution >= 0.6 is 11.8 Å². The highest BCUT2D eigenvalue weighted by molar-refractivity contribution is 8.18. The van der Waals surface area contributed by atoms with Crippen molar-refractivity contribution < 1.29 is 24.2 Å². The van der Waals surface area contributed by atoms with Crippen LogP contribution in [0, 0.1) is 5.92 Å². The van der Waals surface area contributed by atoms with E-state index in [-0.39, 0.29) is 11.9 Å². The summed E-state index contributed by atoms with van der Waals surface area (Å²) >= 11 is 1.38. The Balaban J connectivity index is 1.66. The van der Waals surface area contributed by atoms with E-state index in [0.29, 0.717) is 27.5 Å². The van der Waals surface area contributed by atoms with Crippen molar-refractivity contribution in [2.75, 3.05) is 13.7 Å². The number of hydrogen-bond donors (Lipinski definition) is 1. The minimum atomic E-state index is -1.07. The molecule has 1 N–H and O–H groups in total. The lowest BCUT2D eigenvalue weighted by Crippen LogP contribution is -2.44. The van der Waals surface area contributed by atoms with Crippen LogP contribution in [0.15, 0.2) is 58.4 Å². The molecule has 2 unspecified atom stereocenters. The molecule has 0 aromatic heterocycles. The molecule has 4 rings (SSSR count). The quantitative estimate of drug-likeness (QED) is 0.538. The van der Waals surface area contributed by atoms with E-state index in [0.717, 1.165) is 30.5 Å². The van der Waals surface area contributed by atoms with Crippen molar-refractivity contribution >= 4 is 40.6 Å². The lowest BCUT2D eigenvalue weighted by atomic mass is 9.85. The van der Waals surface area contributed by atoms with Gasteiger partial charge in [0, 0.05) is 6.04 Å². The van der Waals surface area contributed by atoms with Crippen molar-refractivity contribution in [2.24, 2.45) is 10.9 Å². The Hall–Kier alpha value is -3.26. The number of amidine groups is 1. The first-order valence-corrected chi connectivity index (χ1v) is 12.2. The Morgan fingerprint density at radius 1 is 1.18 bits per heavy atom. The molecule has 178 valence electrons. The van der Waals surface area contributed by atoms with Gasteiger partial charge in [0.15, 0.2) is 23.3 Å². The first-order valence-electron chi connectivity index (χ1n) is 11.4. The largest absolute Gasteiger partial charge is 0.493 e. The molecule has 1 saturated heterocycles. The van der Waals surface area contributed by atoms with Crippen molar-refractivity contribution in [3.8, 4) is 11.5 Å². The molecule has 1 aliphatic carbocycles. The number of nitrogens with zero attached hydrogens (tertiary/aromatic N) is 2. The highest BCUT2D eigenvalue weighted by Gasteiger charge is 2.41. The van der Waals surface area contributed by atoms with E-state index < -0.39 is 12.6 Å². The Bertz CT molecular complexity index is 1120. The average molecular weight is 481 g/mol. The second kappa shape index (κ2) is 10.8. The van der Waals surface area contributed by atoms with E-state index >= 15 is 0 Å². The van der Waals surface area contributed by atoms with Gasteiger partial charge >= 0.3 is 5.97 Å². The maximum Gasteiger partial charge on any atom is 0.341 e. The molecule has 1 amide bonds. The number of hydrogen-bond acceptors (Lipinski definition) is 6. The number of carboxylic acid groups (broad SMARTS) is 1. The number of methoxy groups -OCH3 is 1. The van der Waals surface area contributed by atoms with Crippen LogP contribution in [0.25, 0.3) is 6.08 Å². The number of thioether (sulfide) groups is 1. The fraction of sp³-hybridized carbons (Fsp3) is 0.346. The number of amides is 1. The molecule has 34 heavy (non-hydrogen) atoms. The van der Waals surface area contributed by atoms with Gasteiger partial charge in [0.05, 0.1) is 17.7 Å². The number of carbonyl (C=O) groups is 2. The zero-order valence-electron chi connectivity index (χ0n) is 19.3. The second-order valence-electron chi connectivity index (χ2n) is 8.44. The third kappa shape index (κ3) is 5.44. The van der Waals surface area contributed by atoms with Crippen LogP contribution in [-0.4, -0.2) is 46.8 Å². The lowest BCUT2D eigenvalue weighted by Gasteiger charge is -2.35. The fourth-order valence-corrected chi connectivity index (χ4v) is 5.38. The first-order chi connectivity index (χ1) is 16.5. The molecule has 7 nitrogen and oxygen atoms in total. The smallest absolute Gasteiger partial charge is 0.341 e. The van der Waals surface area contributed by atoms with E-state index in [1.807, 2.05) is 41.3 Å². The van der Waals surface area contributed by atoms with Crippen LogP contribution in [0.3, 0.4) is 0 Å². The van der Waals surface area contributed by atoms with Crippen LogP contribution in [0.2, 0.25) is 0 Å². The van der Waals surface area contributed by atoms with Crippen LogP contribution in [0.5, 0.6) is 11.5 Å². The number of carbonyl (C=O) groups excluding carboxylic acids is 1. The molecule has 8 heteroatoms. The number of aliphatic carboxylic acids is 1. The summed E-state index contributed by atoms with van der Waals surface area (Å²) in [5.74, 6) is 0.0415. The Morgan fingerprint density at radius 2 is 1.94 bits per heavy atom. The van der Waals surface area contributed by atoms with Gasteiger partial charge in [0.1, 0.15) is 0 Å². The molecule has 2 aromatic carbocycles. The maximum atomic E-state index is 13.6. The predicted molar refractivity (Wildman–Crippen MR) is 133 cm³/mol. The number of carboxylic acids is 1. The van der Waals surface area contributed by atoms with Gasteiger partial charge in [-0.2, -0.15) is 0 Å². The van der Waals surface area contributed by atoms with Gasteiger partial charge in [0.2, 0.25) is 0 Å². The van der Waals surface area contributed by atoms with Gasteiger partial charge in [-0.15, -0.1) is 0 Å². The normalized spacial score (nSPS) is 22.9. The Labute approximate surface area is 203 Å². The SMILES string of the molecule is COc1cc(/C=C2\SC(=Nc3ccccc3)N(C3CCCCC3C)C2=O)ccc1OCC(=O)O. The first kappa shape index (κ1) is 23.9. The van der Waals surface area contributed by atoms with Gasteiger partial charge in [-0.3, -0.25) is 9.69 Å². The number of ether oxygens (including phenoxy) is 2. The van der Waals surface area contributed by atoms with Crippen LogP contribution in [0.4, 0.5) is 5.69 Å². The predicted octanol–water partition coefficient (Wildman–Crippen LogP) is 5.34. The zero-order chi connectivity index (χ0) is 24.1. The highest BCUT2D eigenvalue weighted by Crippen LogP contribution is 2.40. The molecule has 0 radical (unpaired) electrons. The van der Waals surface area contributed by atoms with Gasteiger partial charge < -0.3 is 14.6 Å². The molecule has 2 aromatic rings. The number of aliphatic imine (C=N–C) groups is 1. The van der Waals surface area contributed by atoms with Crippen molar-refractivity contribution in [3.63, 3.8) is 0 Å². The fourth-order valence-electron chi connectivity index (χ4n) is 4.33. The molecule has 2 atom stereocenters. The monoisotopic (exact) mass is 480 g/mol. The van der Waals surface area contributed by atoms with Crippen molar-refractivity contribution in [1.29, 1.82) is 0 Å². The average Bonchev–Trinajstić information content (AvgIpc) is 3.13. The van der Waals surface area contributed by atoms with Crippen molar-refractivity contribution in [3.05, 3.63) is 59.0 Å². The minimum Gasteiger partial charge on any atom is -0.493 e. The van der Waals surface area contributed by atoms with Crippen LogP contribution < -0.4 is 9.47 Å². The summed E-state index contributed by atoms with van der Waals surface area (Å²) in [4.78, 5) is 31.7. The lowest BCUT2D eigenvalue weighted by molar-refractivity contribution is -0.139. The Kier molecular flexibility index (Phi) is 7.57. The Morgan fingerprint density at radius 3 is 2.65 bits per heavy atom. The molecule has 0 spiro atoms. The standard InChI is InChI=1S/C26H28N2O5S/c1-17-8-6-7-11-20(17)28-25(31)23(34-26(28)27-19-9-4-3-5-10-19)15-18-12-13-21(22(14-18)32-2)33-16-24(29)30/h3-5,9-10,12-15,17,20H,6-8,11,16H2,1-2H3,(H,29,30)/b23-15-,27-26?. The molecule has 2 aliphatic rings. The summed E-state index contributed by atoms with van der Waals surface area (Å²) in [6, 6.07) is 15.0. The van der Waals surface area contributed by atoms with E-state index in [1.165, 1.54) is 25.3 Å². The molecule has 1 saturated carbocycles. The van der Waals surface area contributed by atoms with E-state index in [2.05, 4.69) is 6.92 Å². The van der Waals surface area contributed by atoms with E-state index in [9.17, 15) is 9.59 Å². The summed E-state index contributed by atoms with van der Waals surface area (Å²) in [6.45, 7) is 1.75. The zero-order valence-corrected chi connectivity index (χ0v) is 20.1. The van der Waals surface area contributed by atoms with E-state index in [4.69, 9.17) is 19.6 Å². The summed E-state index contributed by atoms with van der Waals surface area (Å²) in [5, 5.41) is 9.57.